The molecule has 0 heterocycles. The standard InChI is InChI=1S/C22H31N3O10.Gd/c1-15(24(11-19(28)29)12-20(30)31)8-23(10-18(26)27)9-17(7-16-5-3-2-4-6-16)25(13-21(32)33)14-22(34)35;/h2-6,15,17H,7-14H2,1H3,(H,26,27)(H,28,29)(H,30,31)(H,32,33)(H,34,35);/q;+3. The quantitative estimate of drug-likeness (QED) is 0.134. The van der Waals surface area contributed by atoms with E-state index >= 15 is 0 Å². The van der Waals surface area contributed by atoms with Gasteiger partial charge in [-0.05, 0) is 18.9 Å². The van der Waals surface area contributed by atoms with Gasteiger partial charge in [0.05, 0.1) is 32.7 Å². The van der Waals surface area contributed by atoms with Crippen LogP contribution >= 0.6 is 0 Å². The molecule has 2 atom stereocenters. The van der Waals surface area contributed by atoms with Crippen LogP contribution in [0.4, 0.5) is 0 Å². The molecule has 199 valence electrons. The molecule has 0 aliphatic rings. The zero-order valence-electron chi connectivity index (χ0n) is 19.7. The van der Waals surface area contributed by atoms with Gasteiger partial charge in [-0.15, -0.1) is 0 Å². The van der Waals surface area contributed by atoms with Crippen LogP contribution < -0.4 is 0 Å². The molecule has 0 aliphatic carbocycles. The average Bonchev–Trinajstić information content (AvgIpc) is 2.71. The van der Waals surface area contributed by atoms with E-state index in [1.54, 1.807) is 37.3 Å². The number of carboxylic acids is 5. The van der Waals surface area contributed by atoms with Gasteiger partial charge in [-0.1, -0.05) is 30.3 Å². The summed E-state index contributed by atoms with van der Waals surface area (Å²) < 4.78 is 0. The molecule has 0 aliphatic heterocycles. The van der Waals surface area contributed by atoms with Crippen molar-refractivity contribution in [1.82, 2.24) is 14.7 Å². The number of rotatable bonds is 18. The summed E-state index contributed by atoms with van der Waals surface area (Å²) in [5, 5.41) is 46.3. The van der Waals surface area contributed by atoms with E-state index in [1.807, 2.05) is 0 Å². The van der Waals surface area contributed by atoms with E-state index in [1.165, 1.54) is 9.80 Å². The summed E-state index contributed by atoms with van der Waals surface area (Å²) in [6.07, 6.45) is 0.222. The SMILES string of the molecule is CC(CN(CC(=O)O)CC(Cc1ccccc1)N(CC(=O)O)CC(=O)O)N(CC(=O)O)CC(=O)O.[Gd+3]. The molecule has 0 aromatic heterocycles. The number of hydrogen-bond donors (Lipinski definition) is 5. The first-order chi connectivity index (χ1) is 16.4. The molecule has 36 heavy (non-hydrogen) atoms. The van der Waals surface area contributed by atoms with Crippen LogP contribution in [-0.4, -0.2) is 128 Å². The number of nitrogens with zero attached hydrogens (tertiary/aromatic N) is 3. The number of carboxylic acid groups (broad SMARTS) is 5. The fourth-order valence-corrected chi connectivity index (χ4v) is 3.75. The van der Waals surface area contributed by atoms with Crippen LogP contribution in [0.15, 0.2) is 30.3 Å². The Morgan fingerprint density at radius 2 is 1.08 bits per heavy atom. The first-order valence-electron chi connectivity index (χ1n) is 10.7. The maximum atomic E-state index is 11.5. The van der Waals surface area contributed by atoms with E-state index in [0.29, 0.717) is 0 Å². The Labute approximate surface area is 240 Å². The Bertz CT molecular complexity index is 854. The Kier molecular flexibility index (Phi) is 16.2. The van der Waals surface area contributed by atoms with Gasteiger partial charge >= 0.3 is 69.8 Å². The second kappa shape index (κ2) is 17.3. The van der Waals surface area contributed by atoms with Crippen molar-refractivity contribution in [2.75, 3.05) is 45.8 Å². The summed E-state index contributed by atoms with van der Waals surface area (Å²) in [4.78, 5) is 60.5. The van der Waals surface area contributed by atoms with Crippen molar-refractivity contribution in [2.24, 2.45) is 0 Å². The number of carbonyl (C=O) groups is 5. The van der Waals surface area contributed by atoms with Gasteiger partial charge in [0.25, 0.3) is 0 Å². The molecule has 2 unspecified atom stereocenters. The van der Waals surface area contributed by atoms with Crippen LogP contribution in [0.5, 0.6) is 0 Å². The van der Waals surface area contributed by atoms with Crippen LogP contribution in [-0.2, 0) is 30.4 Å². The van der Waals surface area contributed by atoms with Crippen molar-refractivity contribution in [2.45, 2.75) is 25.4 Å². The van der Waals surface area contributed by atoms with E-state index in [0.717, 1.165) is 10.5 Å². The largest absolute Gasteiger partial charge is 3.00 e. The van der Waals surface area contributed by atoms with Crippen LogP contribution in [0.25, 0.3) is 0 Å². The molecule has 14 heteroatoms. The molecule has 0 amide bonds. The molecular weight excluding hydrogens is 624 g/mol. The van der Waals surface area contributed by atoms with Gasteiger partial charge in [-0.3, -0.25) is 38.7 Å². The van der Waals surface area contributed by atoms with E-state index in [4.69, 9.17) is 10.2 Å². The van der Waals surface area contributed by atoms with Crippen molar-refractivity contribution in [3.05, 3.63) is 35.9 Å². The van der Waals surface area contributed by atoms with Crippen LogP contribution in [0.2, 0.25) is 0 Å². The summed E-state index contributed by atoms with van der Waals surface area (Å²) in [5.74, 6) is -6.22. The second-order valence-electron chi connectivity index (χ2n) is 8.17. The third kappa shape index (κ3) is 14.4. The molecule has 0 saturated heterocycles. The fraction of sp³-hybridized carbons (Fsp3) is 0.500. The summed E-state index contributed by atoms with van der Waals surface area (Å²) in [6.45, 7) is -1.39. The van der Waals surface area contributed by atoms with Crippen molar-refractivity contribution in [3.63, 3.8) is 0 Å². The molecular formula is C22H31GdN3O10+3. The summed E-state index contributed by atoms with van der Waals surface area (Å²) in [6, 6.07) is 7.45. The first kappa shape index (κ1) is 33.8. The summed E-state index contributed by atoms with van der Waals surface area (Å²) >= 11 is 0. The molecule has 13 nitrogen and oxygen atoms in total. The maximum Gasteiger partial charge on any atom is 3.00 e. The van der Waals surface area contributed by atoms with Crippen molar-refractivity contribution in [1.29, 1.82) is 0 Å². The van der Waals surface area contributed by atoms with E-state index in [-0.39, 0.29) is 59.5 Å². The molecule has 0 bridgehead atoms. The monoisotopic (exact) mass is 655 g/mol. The minimum Gasteiger partial charge on any atom is -0.480 e. The maximum absolute atomic E-state index is 11.5. The van der Waals surface area contributed by atoms with E-state index < -0.39 is 74.7 Å². The molecule has 5 N–H and O–H groups in total. The summed E-state index contributed by atoms with van der Waals surface area (Å²) in [7, 11) is 0. The van der Waals surface area contributed by atoms with Gasteiger partial charge in [-0.2, -0.15) is 0 Å². The van der Waals surface area contributed by atoms with Gasteiger partial charge in [0.15, 0.2) is 0 Å². The van der Waals surface area contributed by atoms with Gasteiger partial charge in [0, 0.05) is 25.2 Å². The third-order valence-corrected chi connectivity index (χ3v) is 5.16. The minimum absolute atomic E-state index is 0. The fourth-order valence-electron chi connectivity index (χ4n) is 3.75. The molecule has 0 saturated carbocycles. The Hall–Kier alpha value is -2.23. The Morgan fingerprint density at radius 3 is 1.50 bits per heavy atom. The Morgan fingerprint density at radius 1 is 0.667 bits per heavy atom. The van der Waals surface area contributed by atoms with Crippen LogP contribution in [0, 0.1) is 39.9 Å². The van der Waals surface area contributed by atoms with Crippen molar-refractivity contribution in [3.8, 4) is 0 Å². The molecule has 0 fully saturated rings. The minimum atomic E-state index is -1.25. The zero-order valence-corrected chi connectivity index (χ0v) is 21.9. The normalized spacial score (nSPS) is 12.7. The van der Waals surface area contributed by atoms with E-state index in [2.05, 4.69) is 0 Å². The van der Waals surface area contributed by atoms with Crippen molar-refractivity contribution >= 4 is 29.8 Å². The molecule has 1 aromatic carbocycles. The van der Waals surface area contributed by atoms with Gasteiger partial charge in [0.2, 0.25) is 0 Å². The zero-order chi connectivity index (χ0) is 26.5. The topological polar surface area (TPSA) is 196 Å². The van der Waals surface area contributed by atoms with Gasteiger partial charge < -0.3 is 25.5 Å². The predicted molar refractivity (Wildman–Crippen MR) is 121 cm³/mol. The molecule has 1 aromatic rings. The van der Waals surface area contributed by atoms with Crippen LogP contribution in [0.1, 0.15) is 12.5 Å². The Balaban J connectivity index is 0.0000122. The third-order valence-electron chi connectivity index (χ3n) is 5.16. The first-order valence-corrected chi connectivity index (χ1v) is 10.7. The predicted octanol–water partition coefficient (Wildman–Crippen LogP) is -0.685. The molecule has 0 spiro atoms. The summed E-state index contributed by atoms with van der Waals surface area (Å²) in [5.41, 5.74) is 0.778. The van der Waals surface area contributed by atoms with Crippen molar-refractivity contribution < 1.29 is 89.4 Å². The number of hydrogen-bond acceptors (Lipinski definition) is 8. The molecule has 1 radical (unpaired) electrons. The number of benzene rings is 1. The smallest absolute Gasteiger partial charge is 0.480 e. The average molecular weight is 655 g/mol. The van der Waals surface area contributed by atoms with E-state index in [9.17, 15) is 39.3 Å². The molecule has 1 rings (SSSR count). The number of aliphatic carboxylic acids is 5. The van der Waals surface area contributed by atoms with Crippen LogP contribution in [0.3, 0.4) is 0 Å². The van der Waals surface area contributed by atoms with Gasteiger partial charge in [0.1, 0.15) is 0 Å². The van der Waals surface area contributed by atoms with Gasteiger partial charge in [-0.25, -0.2) is 0 Å². The second-order valence-corrected chi connectivity index (χ2v) is 8.17.